The Hall–Kier alpha value is -3.90. The summed E-state index contributed by atoms with van der Waals surface area (Å²) in [5.41, 5.74) is -0.948. The highest BCUT2D eigenvalue weighted by Crippen LogP contribution is 2.38. The van der Waals surface area contributed by atoms with Gasteiger partial charge >= 0.3 is 12.4 Å². The second kappa shape index (κ2) is 8.69. The SMILES string of the molecule is CN(NC(=O)C=Cn1cnc(-c2cc(C(F)(F)F)cc(C(F)(F)F)c2)n1)c1ccccn1. The number of halogens is 6. The Morgan fingerprint density at radius 3 is 2.25 bits per heavy atom. The minimum atomic E-state index is -4.99. The lowest BCUT2D eigenvalue weighted by atomic mass is 10.0. The molecule has 0 aliphatic carbocycles. The van der Waals surface area contributed by atoms with Crippen molar-refractivity contribution in [2.24, 2.45) is 0 Å². The minimum absolute atomic E-state index is 0.0167. The lowest BCUT2D eigenvalue weighted by molar-refractivity contribution is -0.143. The first-order valence-electron chi connectivity index (χ1n) is 8.78. The Balaban J connectivity index is 1.79. The molecule has 0 saturated heterocycles. The van der Waals surface area contributed by atoms with Crippen molar-refractivity contribution in [1.29, 1.82) is 0 Å². The van der Waals surface area contributed by atoms with E-state index >= 15 is 0 Å². The monoisotopic (exact) mass is 456 g/mol. The van der Waals surface area contributed by atoms with Gasteiger partial charge in [0.1, 0.15) is 12.1 Å². The molecule has 1 aromatic carbocycles. The molecule has 1 N–H and O–H groups in total. The number of hydrogen-bond donors (Lipinski definition) is 1. The second-order valence-corrected chi connectivity index (χ2v) is 6.38. The van der Waals surface area contributed by atoms with Gasteiger partial charge in [0.25, 0.3) is 5.91 Å². The molecule has 0 atom stereocenters. The molecule has 0 radical (unpaired) electrons. The zero-order valence-electron chi connectivity index (χ0n) is 16.2. The highest BCUT2D eigenvalue weighted by atomic mass is 19.4. The van der Waals surface area contributed by atoms with E-state index in [1.54, 1.807) is 25.2 Å². The van der Waals surface area contributed by atoms with E-state index in [4.69, 9.17) is 0 Å². The van der Waals surface area contributed by atoms with E-state index in [1.807, 2.05) is 0 Å². The third-order valence-corrected chi connectivity index (χ3v) is 4.00. The Morgan fingerprint density at radius 2 is 1.69 bits per heavy atom. The van der Waals surface area contributed by atoms with Gasteiger partial charge in [-0.05, 0) is 30.3 Å². The minimum Gasteiger partial charge on any atom is -0.271 e. The first-order valence-corrected chi connectivity index (χ1v) is 8.78. The normalized spacial score (nSPS) is 12.2. The number of nitrogens with zero attached hydrogens (tertiary/aromatic N) is 5. The average Bonchev–Trinajstić information content (AvgIpc) is 3.20. The standard InChI is InChI=1S/C19H14F6N6O/c1-30(15-4-2-3-6-26-15)28-16(32)5-7-31-11-27-17(29-31)12-8-13(18(20,21)22)10-14(9-12)19(23,24)25/h2-11H,1H3,(H,28,32). The van der Waals surface area contributed by atoms with Gasteiger partial charge in [-0.25, -0.2) is 14.6 Å². The van der Waals surface area contributed by atoms with Crippen LogP contribution in [0.1, 0.15) is 11.1 Å². The Kier molecular flexibility index (Phi) is 6.18. The number of nitrogens with one attached hydrogen (secondary N) is 1. The van der Waals surface area contributed by atoms with E-state index < -0.39 is 35.0 Å². The van der Waals surface area contributed by atoms with Crippen LogP contribution in [-0.2, 0) is 17.1 Å². The third kappa shape index (κ3) is 5.62. The number of alkyl halides is 6. The summed E-state index contributed by atoms with van der Waals surface area (Å²) in [4.78, 5) is 19.8. The molecule has 2 aromatic heterocycles. The van der Waals surface area contributed by atoms with Gasteiger partial charge < -0.3 is 0 Å². The fourth-order valence-corrected chi connectivity index (χ4v) is 2.52. The van der Waals surface area contributed by atoms with Crippen LogP contribution in [0, 0.1) is 0 Å². The van der Waals surface area contributed by atoms with Crippen molar-refractivity contribution in [2.45, 2.75) is 12.4 Å². The number of anilines is 1. The molecule has 3 aromatic rings. The maximum Gasteiger partial charge on any atom is 0.416 e. The highest BCUT2D eigenvalue weighted by molar-refractivity contribution is 5.90. The van der Waals surface area contributed by atoms with Gasteiger partial charge in [-0.1, -0.05) is 6.07 Å². The molecule has 168 valence electrons. The van der Waals surface area contributed by atoms with Crippen molar-refractivity contribution in [3.63, 3.8) is 0 Å². The van der Waals surface area contributed by atoms with E-state index in [1.165, 1.54) is 11.2 Å². The molecule has 7 nitrogen and oxygen atoms in total. The zero-order chi connectivity index (χ0) is 23.5. The number of carbonyl (C=O) groups is 1. The van der Waals surface area contributed by atoms with Crippen molar-refractivity contribution in [3.8, 4) is 11.4 Å². The maximum atomic E-state index is 13.0. The summed E-state index contributed by atoms with van der Waals surface area (Å²) in [6, 6.07) is 6.13. The molecule has 0 aliphatic heterocycles. The molecule has 2 heterocycles. The van der Waals surface area contributed by atoms with E-state index in [0.717, 1.165) is 23.3 Å². The van der Waals surface area contributed by atoms with Gasteiger partial charge in [0.2, 0.25) is 0 Å². The van der Waals surface area contributed by atoms with E-state index in [0.29, 0.717) is 18.0 Å². The second-order valence-electron chi connectivity index (χ2n) is 6.38. The van der Waals surface area contributed by atoms with Gasteiger partial charge in [0.15, 0.2) is 5.82 Å². The van der Waals surface area contributed by atoms with E-state index in [2.05, 4.69) is 20.5 Å². The van der Waals surface area contributed by atoms with Gasteiger partial charge in [-0.2, -0.15) is 26.3 Å². The molecule has 0 fully saturated rings. The average molecular weight is 456 g/mol. The lowest BCUT2D eigenvalue weighted by Crippen LogP contribution is -2.38. The first kappa shape index (κ1) is 22.8. The Bertz CT molecular complexity index is 1090. The van der Waals surface area contributed by atoms with E-state index in [-0.39, 0.29) is 11.9 Å². The van der Waals surface area contributed by atoms with Crippen molar-refractivity contribution in [2.75, 3.05) is 12.1 Å². The first-order chi connectivity index (χ1) is 14.9. The van der Waals surface area contributed by atoms with Gasteiger partial charge in [0.05, 0.1) is 11.1 Å². The van der Waals surface area contributed by atoms with Crippen LogP contribution in [-0.4, -0.2) is 32.7 Å². The summed E-state index contributed by atoms with van der Waals surface area (Å²) in [6.07, 6.45) is -5.23. The largest absolute Gasteiger partial charge is 0.416 e. The fraction of sp³-hybridized carbons (Fsp3) is 0.158. The highest BCUT2D eigenvalue weighted by Gasteiger charge is 2.37. The summed E-state index contributed by atoms with van der Waals surface area (Å²) in [5, 5.41) is 5.16. The van der Waals surface area contributed by atoms with Crippen LogP contribution < -0.4 is 10.4 Å². The third-order valence-electron chi connectivity index (χ3n) is 4.00. The van der Waals surface area contributed by atoms with Crippen LogP contribution in [0.3, 0.4) is 0 Å². The number of rotatable bonds is 5. The smallest absolute Gasteiger partial charge is 0.271 e. The summed E-state index contributed by atoms with van der Waals surface area (Å²) < 4.78 is 79.1. The molecule has 3 rings (SSSR count). The van der Waals surface area contributed by atoms with Crippen molar-refractivity contribution in [1.82, 2.24) is 25.2 Å². The van der Waals surface area contributed by atoms with Crippen LogP contribution in [0.25, 0.3) is 17.6 Å². The number of aromatic nitrogens is 4. The molecule has 32 heavy (non-hydrogen) atoms. The Morgan fingerprint density at radius 1 is 1.03 bits per heavy atom. The lowest BCUT2D eigenvalue weighted by Gasteiger charge is -2.17. The molecule has 13 heteroatoms. The topological polar surface area (TPSA) is 75.9 Å². The van der Waals surface area contributed by atoms with Crippen molar-refractivity contribution < 1.29 is 31.1 Å². The summed E-state index contributed by atoms with van der Waals surface area (Å²) >= 11 is 0. The molecule has 0 unspecified atom stereocenters. The molecule has 0 bridgehead atoms. The fourth-order valence-electron chi connectivity index (χ4n) is 2.52. The van der Waals surface area contributed by atoms with Gasteiger partial charge in [0, 0.05) is 31.1 Å². The van der Waals surface area contributed by atoms with Gasteiger partial charge in [-0.15, -0.1) is 5.10 Å². The number of benzene rings is 1. The molecule has 0 saturated carbocycles. The number of carbonyl (C=O) groups excluding carboxylic acids is 1. The van der Waals surface area contributed by atoms with Crippen LogP contribution in [0.5, 0.6) is 0 Å². The predicted octanol–water partition coefficient (Wildman–Crippen LogP) is 4.02. The predicted molar refractivity (Wildman–Crippen MR) is 102 cm³/mol. The van der Waals surface area contributed by atoms with E-state index in [9.17, 15) is 31.1 Å². The van der Waals surface area contributed by atoms with Crippen molar-refractivity contribution in [3.05, 3.63) is 66.1 Å². The summed E-state index contributed by atoms with van der Waals surface area (Å²) in [7, 11) is 1.55. The number of hydrazine groups is 1. The molecular formula is C19H14F6N6O. The van der Waals surface area contributed by atoms with Crippen LogP contribution in [0.4, 0.5) is 32.2 Å². The number of pyridine rings is 1. The maximum absolute atomic E-state index is 13.0. The zero-order valence-corrected chi connectivity index (χ0v) is 16.2. The molecular weight excluding hydrogens is 442 g/mol. The number of amides is 1. The Labute approximate surface area is 177 Å². The molecule has 0 spiro atoms. The van der Waals surface area contributed by atoms with Crippen LogP contribution in [0.15, 0.2) is 55.0 Å². The van der Waals surface area contributed by atoms with Crippen molar-refractivity contribution >= 4 is 17.9 Å². The molecule has 0 aliphatic rings. The summed E-state index contributed by atoms with van der Waals surface area (Å²) in [6.45, 7) is 0. The molecule has 1 amide bonds. The van der Waals surface area contributed by atoms with Gasteiger partial charge in [-0.3, -0.25) is 15.2 Å². The number of hydrogen-bond acceptors (Lipinski definition) is 5. The quantitative estimate of drug-likeness (QED) is 0.357. The van der Waals surface area contributed by atoms with Crippen LogP contribution >= 0.6 is 0 Å². The van der Waals surface area contributed by atoms with Crippen LogP contribution in [0.2, 0.25) is 0 Å². The summed E-state index contributed by atoms with van der Waals surface area (Å²) in [5.74, 6) is -0.506.